The lowest BCUT2D eigenvalue weighted by Gasteiger charge is -2.28. The SMILES string of the molecule is C=CCc1cc(/C=C2\C(=O)NC(=O)N(c3cc(OCC)ccc3OCC)C2=O)cc(OC)c1OCc1ccccc1. The van der Waals surface area contributed by atoms with Gasteiger partial charge in [-0.15, -0.1) is 6.58 Å². The fourth-order valence-electron chi connectivity index (χ4n) is 4.37. The molecule has 1 aliphatic rings. The predicted octanol–water partition coefficient (Wildman–Crippen LogP) is 5.47. The minimum absolute atomic E-state index is 0.160. The van der Waals surface area contributed by atoms with Crippen LogP contribution in [0, 0.1) is 0 Å². The van der Waals surface area contributed by atoms with Gasteiger partial charge in [0.25, 0.3) is 11.8 Å². The van der Waals surface area contributed by atoms with E-state index in [0.717, 1.165) is 16.0 Å². The van der Waals surface area contributed by atoms with E-state index in [1.54, 1.807) is 37.3 Å². The Morgan fingerprint density at radius 2 is 1.66 bits per heavy atom. The fraction of sp³-hybridized carbons (Fsp3) is 0.219. The number of anilines is 1. The van der Waals surface area contributed by atoms with Crippen molar-refractivity contribution in [1.82, 2.24) is 5.32 Å². The number of carbonyl (C=O) groups excluding carboxylic acids is 3. The summed E-state index contributed by atoms with van der Waals surface area (Å²) in [6, 6.07) is 17.1. The molecule has 9 heteroatoms. The van der Waals surface area contributed by atoms with Gasteiger partial charge in [-0.05, 0) is 61.7 Å². The number of methoxy groups -OCH3 is 1. The monoisotopic (exact) mass is 556 g/mol. The Labute approximate surface area is 239 Å². The van der Waals surface area contributed by atoms with Gasteiger partial charge in [0.15, 0.2) is 11.5 Å². The van der Waals surface area contributed by atoms with Crippen molar-refractivity contribution in [2.24, 2.45) is 0 Å². The summed E-state index contributed by atoms with van der Waals surface area (Å²) >= 11 is 0. The van der Waals surface area contributed by atoms with Gasteiger partial charge < -0.3 is 18.9 Å². The summed E-state index contributed by atoms with van der Waals surface area (Å²) in [7, 11) is 1.51. The maximum atomic E-state index is 13.7. The zero-order chi connectivity index (χ0) is 29.4. The molecular weight excluding hydrogens is 524 g/mol. The lowest BCUT2D eigenvalue weighted by molar-refractivity contribution is -0.122. The van der Waals surface area contributed by atoms with Crippen LogP contribution < -0.4 is 29.2 Å². The Morgan fingerprint density at radius 1 is 0.902 bits per heavy atom. The molecule has 0 saturated carbocycles. The first-order valence-electron chi connectivity index (χ1n) is 13.2. The Morgan fingerprint density at radius 3 is 2.34 bits per heavy atom. The van der Waals surface area contributed by atoms with Gasteiger partial charge in [-0.25, -0.2) is 9.69 Å². The van der Waals surface area contributed by atoms with E-state index < -0.39 is 17.8 Å². The normalized spacial score (nSPS) is 14.1. The van der Waals surface area contributed by atoms with Crippen LogP contribution in [0.15, 0.2) is 78.9 Å². The number of hydrogen-bond donors (Lipinski definition) is 1. The van der Waals surface area contributed by atoms with E-state index >= 15 is 0 Å². The molecule has 0 spiro atoms. The van der Waals surface area contributed by atoms with E-state index in [9.17, 15) is 14.4 Å². The second-order valence-electron chi connectivity index (χ2n) is 8.93. The number of urea groups is 1. The van der Waals surface area contributed by atoms with Crippen molar-refractivity contribution in [1.29, 1.82) is 0 Å². The van der Waals surface area contributed by atoms with Crippen LogP contribution in [0.1, 0.15) is 30.5 Å². The molecule has 0 atom stereocenters. The lowest BCUT2D eigenvalue weighted by atomic mass is 10.0. The number of rotatable bonds is 12. The third-order valence-corrected chi connectivity index (χ3v) is 6.16. The highest BCUT2D eigenvalue weighted by atomic mass is 16.5. The van der Waals surface area contributed by atoms with E-state index in [2.05, 4.69) is 11.9 Å². The van der Waals surface area contributed by atoms with Crippen molar-refractivity contribution < 1.29 is 33.3 Å². The Hall–Kier alpha value is -5.05. The van der Waals surface area contributed by atoms with E-state index in [1.807, 2.05) is 37.3 Å². The molecule has 4 amide bonds. The molecule has 41 heavy (non-hydrogen) atoms. The largest absolute Gasteiger partial charge is 0.494 e. The van der Waals surface area contributed by atoms with Crippen LogP contribution in [0.4, 0.5) is 10.5 Å². The number of carbonyl (C=O) groups is 3. The molecule has 0 unspecified atom stereocenters. The molecule has 1 N–H and O–H groups in total. The van der Waals surface area contributed by atoms with Crippen molar-refractivity contribution >= 4 is 29.6 Å². The number of allylic oxidation sites excluding steroid dienone is 1. The zero-order valence-corrected chi connectivity index (χ0v) is 23.3. The number of imide groups is 2. The molecule has 3 aromatic carbocycles. The highest BCUT2D eigenvalue weighted by Gasteiger charge is 2.38. The number of nitrogens with one attached hydrogen (secondary N) is 1. The zero-order valence-electron chi connectivity index (χ0n) is 23.3. The lowest BCUT2D eigenvalue weighted by Crippen LogP contribution is -2.54. The molecule has 0 aromatic heterocycles. The van der Waals surface area contributed by atoms with Crippen molar-refractivity contribution in [2.75, 3.05) is 25.2 Å². The molecular formula is C32H32N2O7. The highest BCUT2D eigenvalue weighted by molar-refractivity contribution is 6.39. The first kappa shape index (κ1) is 28.9. The van der Waals surface area contributed by atoms with E-state index in [1.165, 1.54) is 19.3 Å². The average molecular weight is 557 g/mol. The first-order valence-corrected chi connectivity index (χ1v) is 13.2. The second kappa shape index (κ2) is 13.3. The maximum absolute atomic E-state index is 13.7. The standard InChI is InChI=1S/C32H32N2O7/c1-5-11-23-16-22(18-28(38-4)29(23)41-20-21-12-9-8-10-13-21)17-25-30(35)33-32(37)34(31(25)36)26-19-24(39-6-2)14-15-27(26)40-7-3/h5,8-10,12-19H,1,6-7,11,20H2,2-4H3,(H,33,35,37)/b25-17+. The van der Waals surface area contributed by atoms with Gasteiger partial charge in [0.1, 0.15) is 23.7 Å². The highest BCUT2D eigenvalue weighted by Crippen LogP contribution is 2.37. The number of hydrogen-bond acceptors (Lipinski definition) is 7. The predicted molar refractivity (Wildman–Crippen MR) is 155 cm³/mol. The summed E-state index contributed by atoms with van der Waals surface area (Å²) in [5.74, 6) is 0.0724. The van der Waals surface area contributed by atoms with Crippen LogP contribution >= 0.6 is 0 Å². The molecule has 3 aromatic rings. The van der Waals surface area contributed by atoms with E-state index in [0.29, 0.717) is 54.8 Å². The number of nitrogens with zero attached hydrogens (tertiary/aromatic N) is 1. The summed E-state index contributed by atoms with van der Waals surface area (Å²) in [6.07, 6.45) is 3.59. The minimum atomic E-state index is -0.888. The van der Waals surface area contributed by atoms with Crippen LogP contribution in [-0.4, -0.2) is 38.2 Å². The van der Waals surface area contributed by atoms with Crippen LogP contribution in [0.3, 0.4) is 0 Å². The molecule has 1 aliphatic heterocycles. The fourth-order valence-corrected chi connectivity index (χ4v) is 4.37. The summed E-state index contributed by atoms with van der Waals surface area (Å²) in [5, 5.41) is 2.26. The van der Waals surface area contributed by atoms with Gasteiger partial charge >= 0.3 is 6.03 Å². The van der Waals surface area contributed by atoms with Crippen LogP contribution in [0.25, 0.3) is 6.08 Å². The molecule has 4 rings (SSSR count). The van der Waals surface area contributed by atoms with Crippen molar-refractivity contribution in [3.63, 3.8) is 0 Å². The van der Waals surface area contributed by atoms with Crippen LogP contribution in [-0.2, 0) is 22.6 Å². The smallest absolute Gasteiger partial charge is 0.336 e. The number of benzene rings is 3. The molecule has 212 valence electrons. The van der Waals surface area contributed by atoms with Crippen LogP contribution in [0.2, 0.25) is 0 Å². The van der Waals surface area contributed by atoms with Crippen molar-refractivity contribution in [2.45, 2.75) is 26.9 Å². The molecule has 1 heterocycles. The third kappa shape index (κ3) is 6.58. The van der Waals surface area contributed by atoms with E-state index in [4.69, 9.17) is 18.9 Å². The first-order chi connectivity index (χ1) is 19.9. The van der Waals surface area contributed by atoms with Crippen molar-refractivity contribution in [3.05, 3.63) is 95.6 Å². The van der Waals surface area contributed by atoms with Gasteiger partial charge in [0.2, 0.25) is 0 Å². The second-order valence-corrected chi connectivity index (χ2v) is 8.93. The van der Waals surface area contributed by atoms with Gasteiger partial charge in [0, 0.05) is 11.6 Å². The summed E-state index contributed by atoms with van der Waals surface area (Å²) < 4.78 is 23.0. The Bertz CT molecular complexity index is 1480. The molecule has 1 fully saturated rings. The third-order valence-electron chi connectivity index (χ3n) is 6.16. The average Bonchev–Trinajstić information content (AvgIpc) is 2.96. The van der Waals surface area contributed by atoms with Crippen LogP contribution in [0.5, 0.6) is 23.0 Å². The Kier molecular flexibility index (Phi) is 9.42. The molecule has 0 radical (unpaired) electrons. The summed E-state index contributed by atoms with van der Waals surface area (Å²) in [6.45, 7) is 8.46. The maximum Gasteiger partial charge on any atom is 0.336 e. The molecule has 0 aliphatic carbocycles. The van der Waals surface area contributed by atoms with Gasteiger partial charge in [-0.3, -0.25) is 14.9 Å². The van der Waals surface area contributed by atoms with E-state index in [-0.39, 0.29) is 11.3 Å². The minimum Gasteiger partial charge on any atom is -0.494 e. The van der Waals surface area contributed by atoms with Crippen molar-refractivity contribution in [3.8, 4) is 23.0 Å². The summed E-state index contributed by atoms with van der Waals surface area (Å²) in [4.78, 5) is 40.4. The quantitative estimate of drug-likeness (QED) is 0.179. The van der Waals surface area contributed by atoms with Gasteiger partial charge in [-0.2, -0.15) is 0 Å². The molecule has 1 saturated heterocycles. The van der Waals surface area contributed by atoms with Gasteiger partial charge in [0.05, 0.1) is 26.0 Å². The summed E-state index contributed by atoms with van der Waals surface area (Å²) in [5.41, 5.74) is 2.17. The topological polar surface area (TPSA) is 103 Å². The van der Waals surface area contributed by atoms with Gasteiger partial charge in [-0.1, -0.05) is 36.4 Å². The Balaban J connectivity index is 1.73. The number of amides is 4. The molecule has 9 nitrogen and oxygen atoms in total. The molecule has 0 bridgehead atoms. The number of barbiturate groups is 1. The number of ether oxygens (including phenoxy) is 4.